The number of aromatic carboxylic acids is 1. The summed E-state index contributed by atoms with van der Waals surface area (Å²) in [7, 11) is 0. The highest BCUT2D eigenvalue weighted by Gasteiger charge is 2.13. The van der Waals surface area contributed by atoms with E-state index in [1.807, 2.05) is 24.4 Å². The van der Waals surface area contributed by atoms with Crippen molar-refractivity contribution in [1.82, 2.24) is 0 Å². The van der Waals surface area contributed by atoms with Gasteiger partial charge in [0.05, 0.1) is 5.56 Å². The molecule has 0 fully saturated rings. The van der Waals surface area contributed by atoms with Crippen molar-refractivity contribution in [3.63, 3.8) is 0 Å². The van der Waals surface area contributed by atoms with Gasteiger partial charge in [0.1, 0.15) is 0 Å². The van der Waals surface area contributed by atoms with Gasteiger partial charge >= 0.3 is 5.97 Å². The molecule has 3 nitrogen and oxygen atoms in total. The summed E-state index contributed by atoms with van der Waals surface area (Å²) in [6, 6.07) is 21.8. The zero-order valence-corrected chi connectivity index (χ0v) is 17.7. The van der Waals surface area contributed by atoms with E-state index in [-0.39, 0.29) is 17.8 Å². The van der Waals surface area contributed by atoms with Crippen LogP contribution in [0.25, 0.3) is 12.2 Å². The van der Waals surface area contributed by atoms with Crippen molar-refractivity contribution in [2.45, 2.75) is 32.7 Å². The van der Waals surface area contributed by atoms with Crippen LogP contribution in [0, 0.1) is 0 Å². The van der Waals surface area contributed by atoms with Crippen molar-refractivity contribution in [3.05, 3.63) is 101 Å². The fourth-order valence-electron chi connectivity index (χ4n) is 3.06. The lowest BCUT2D eigenvalue weighted by Crippen LogP contribution is -3.00. The fraction of sp³-hybridized carbons (Fsp3) is 0.200. The molecule has 2 aromatic carbocycles. The van der Waals surface area contributed by atoms with E-state index in [0.717, 1.165) is 16.8 Å². The molecule has 0 unspecified atom stereocenters. The molecule has 3 aromatic rings. The lowest BCUT2D eigenvalue weighted by Gasteiger charge is -2.18. The van der Waals surface area contributed by atoms with Crippen molar-refractivity contribution in [2.24, 2.45) is 0 Å². The molecule has 0 amide bonds. The van der Waals surface area contributed by atoms with Gasteiger partial charge in [-0.05, 0) is 40.8 Å². The van der Waals surface area contributed by atoms with E-state index in [4.69, 9.17) is 0 Å². The second-order valence-corrected chi connectivity index (χ2v) is 7.96. The third-order valence-electron chi connectivity index (χ3n) is 4.73. The van der Waals surface area contributed by atoms with Crippen molar-refractivity contribution < 1.29 is 26.9 Å². The first-order valence-electron chi connectivity index (χ1n) is 9.42. The summed E-state index contributed by atoms with van der Waals surface area (Å²) < 4.78 is 2.11. The Labute approximate surface area is 178 Å². The van der Waals surface area contributed by atoms with E-state index >= 15 is 0 Å². The maximum atomic E-state index is 11.2. The summed E-state index contributed by atoms with van der Waals surface area (Å²) >= 11 is 0. The highest BCUT2D eigenvalue weighted by Crippen LogP contribution is 2.22. The number of carboxylic acid groups (broad SMARTS) is 1. The van der Waals surface area contributed by atoms with Gasteiger partial charge in [0.15, 0.2) is 12.7 Å². The van der Waals surface area contributed by atoms with E-state index in [1.54, 1.807) is 18.2 Å². The Bertz CT molecular complexity index is 1000. The second-order valence-electron chi connectivity index (χ2n) is 7.96. The van der Waals surface area contributed by atoms with Gasteiger partial charge in [0.2, 0.25) is 5.69 Å². The minimum Gasteiger partial charge on any atom is -1.00 e. The van der Waals surface area contributed by atoms with Crippen LogP contribution < -0.4 is 17.0 Å². The van der Waals surface area contributed by atoms with Crippen molar-refractivity contribution >= 4 is 18.1 Å². The molecule has 0 bridgehead atoms. The molecule has 0 saturated heterocycles. The molecule has 0 aliphatic rings. The molecule has 1 aromatic heterocycles. The number of hydrogen-bond donors (Lipinski definition) is 1. The third kappa shape index (κ3) is 6.03. The van der Waals surface area contributed by atoms with Crippen LogP contribution in [0.3, 0.4) is 0 Å². The number of carboxylic acids is 1. The molecule has 0 radical (unpaired) electrons. The molecule has 0 atom stereocenters. The van der Waals surface area contributed by atoms with Gasteiger partial charge < -0.3 is 17.5 Å². The van der Waals surface area contributed by atoms with E-state index in [1.165, 1.54) is 5.56 Å². The van der Waals surface area contributed by atoms with Gasteiger partial charge in [-0.1, -0.05) is 57.2 Å². The average molecular weight is 408 g/mol. The quantitative estimate of drug-likeness (QED) is 0.659. The van der Waals surface area contributed by atoms with Gasteiger partial charge in [-0.15, -0.1) is 0 Å². The number of benzene rings is 2. The second kappa shape index (κ2) is 9.53. The van der Waals surface area contributed by atoms with Gasteiger partial charge in [-0.25, -0.2) is 4.79 Å². The molecule has 0 aliphatic heterocycles. The Balaban J connectivity index is 0.00000300. The lowest BCUT2D eigenvalue weighted by molar-refractivity contribution is -0.690. The summed E-state index contributed by atoms with van der Waals surface area (Å²) in [6.45, 7) is 7.25. The summed E-state index contributed by atoms with van der Waals surface area (Å²) in [4.78, 5) is 11.2. The maximum Gasteiger partial charge on any atom is 0.335 e. The highest BCUT2D eigenvalue weighted by molar-refractivity contribution is 5.87. The number of aromatic nitrogens is 1. The van der Waals surface area contributed by atoms with E-state index in [2.05, 4.69) is 67.8 Å². The van der Waals surface area contributed by atoms with Crippen LogP contribution in [0.4, 0.5) is 0 Å². The Kier molecular flexibility index (Phi) is 7.35. The van der Waals surface area contributed by atoms with E-state index < -0.39 is 5.97 Å². The van der Waals surface area contributed by atoms with Crippen LogP contribution in [0.2, 0.25) is 0 Å². The average Bonchev–Trinajstić information content (AvgIpc) is 2.67. The Morgan fingerprint density at radius 2 is 1.69 bits per heavy atom. The topological polar surface area (TPSA) is 41.2 Å². The molecule has 0 saturated carbocycles. The van der Waals surface area contributed by atoms with Crippen LogP contribution in [0.1, 0.15) is 53.5 Å². The molecule has 150 valence electrons. The zero-order chi connectivity index (χ0) is 20.1. The molecule has 0 aliphatic carbocycles. The van der Waals surface area contributed by atoms with Crippen LogP contribution in [0.15, 0.2) is 72.9 Å². The summed E-state index contributed by atoms with van der Waals surface area (Å²) in [6.07, 6.45) is 6.20. The van der Waals surface area contributed by atoms with Gasteiger partial charge in [-0.3, -0.25) is 0 Å². The molecule has 0 spiro atoms. The normalized spacial score (nSPS) is 11.3. The number of rotatable bonds is 5. The van der Waals surface area contributed by atoms with Crippen LogP contribution in [-0.4, -0.2) is 11.1 Å². The van der Waals surface area contributed by atoms with Crippen LogP contribution >= 0.6 is 0 Å². The number of hydrogen-bond acceptors (Lipinski definition) is 1. The summed E-state index contributed by atoms with van der Waals surface area (Å²) in [5, 5.41) is 9.19. The van der Waals surface area contributed by atoms with Gasteiger partial charge in [-0.2, -0.15) is 4.57 Å². The predicted octanol–water partition coefficient (Wildman–Crippen LogP) is 2.19. The SMILES string of the molecule is CC(C)(C)c1ccc(/C=C/c2cccc[n+]2Cc2cccc(C(=O)O)c2)cc1.[Cl-]. The summed E-state index contributed by atoms with van der Waals surface area (Å²) in [5.41, 5.74) is 4.94. The predicted molar refractivity (Wildman–Crippen MR) is 113 cm³/mol. The molecule has 3 rings (SSSR count). The number of nitrogens with zero attached hydrogens (tertiary/aromatic N) is 1. The largest absolute Gasteiger partial charge is 1.00 e. The number of carbonyl (C=O) groups is 1. The number of pyridine rings is 1. The fourth-order valence-corrected chi connectivity index (χ4v) is 3.06. The molecular weight excluding hydrogens is 382 g/mol. The van der Waals surface area contributed by atoms with Gasteiger partial charge in [0.25, 0.3) is 0 Å². The minimum absolute atomic E-state index is 0. The first kappa shape index (κ1) is 22.4. The Hall–Kier alpha value is -2.91. The smallest absolute Gasteiger partial charge is 0.335 e. The van der Waals surface area contributed by atoms with Crippen molar-refractivity contribution in [3.8, 4) is 0 Å². The molecule has 1 heterocycles. The van der Waals surface area contributed by atoms with Crippen LogP contribution in [0.5, 0.6) is 0 Å². The third-order valence-corrected chi connectivity index (χ3v) is 4.73. The maximum absolute atomic E-state index is 11.2. The van der Waals surface area contributed by atoms with E-state index in [9.17, 15) is 9.90 Å². The van der Waals surface area contributed by atoms with Crippen molar-refractivity contribution in [1.29, 1.82) is 0 Å². The summed E-state index contributed by atoms with van der Waals surface area (Å²) in [5.74, 6) is -0.904. The molecule has 1 N–H and O–H groups in total. The minimum atomic E-state index is -0.904. The monoisotopic (exact) mass is 407 g/mol. The number of halogens is 1. The van der Waals surface area contributed by atoms with Gasteiger partial charge in [0, 0.05) is 23.8 Å². The van der Waals surface area contributed by atoms with Crippen molar-refractivity contribution in [2.75, 3.05) is 0 Å². The van der Waals surface area contributed by atoms with Crippen LogP contribution in [-0.2, 0) is 12.0 Å². The molecular formula is C25H26ClNO2. The first-order chi connectivity index (χ1) is 13.3. The standard InChI is InChI=1S/C25H25NO2.ClH/c1-25(2,3)22-13-10-19(11-14-22)12-15-23-9-4-5-16-26(23)18-20-7-6-8-21(17-20)24(27)28;/h4-17H,18H2,1-3H3;1H/b15-12+;. The first-order valence-corrected chi connectivity index (χ1v) is 9.42. The highest BCUT2D eigenvalue weighted by atomic mass is 35.5. The lowest BCUT2D eigenvalue weighted by atomic mass is 9.87. The van der Waals surface area contributed by atoms with E-state index in [0.29, 0.717) is 12.1 Å². The Morgan fingerprint density at radius 1 is 0.966 bits per heavy atom. The molecule has 4 heteroatoms. The zero-order valence-electron chi connectivity index (χ0n) is 17.0. The molecule has 29 heavy (non-hydrogen) atoms. The Morgan fingerprint density at radius 3 is 2.34 bits per heavy atom.